The zero-order valence-electron chi connectivity index (χ0n) is 11.4. The van der Waals surface area contributed by atoms with Crippen LogP contribution in [-0.2, 0) is 21.4 Å². The van der Waals surface area contributed by atoms with Crippen molar-refractivity contribution in [3.05, 3.63) is 71.8 Å². The first-order chi connectivity index (χ1) is 10.0. The Labute approximate surface area is 122 Å². The zero-order chi connectivity index (χ0) is 15.3. The summed E-state index contributed by atoms with van der Waals surface area (Å²) in [6, 6.07) is 17.6. The van der Waals surface area contributed by atoms with Crippen molar-refractivity contribution in [3.8, 4) is 0 Å². The maximum absolute atomic E-state index is 11.9. The van der Waals surface area contributed by atoms with Crippen LogP contribution in [0.4, 0.5) is 0 Å². The van der Waals surface area contributed by atoms with Crippen molar-refractivity contribution < 1.29 is 19.8 Å². The second-order valence-electron chi connectivity index (χ2n) is 4.99. The highest BCUT2D eigenvalue weighted by atomic mass is 16.4. The maximum atomic E-state index is 11.9. The van der Waals surface area contributed by atoms with Crippen molar-refractivity contribution in [1.82, 2.24) is 0 Å². The molecule has 4 heteroatoms. The average Bonchev–Trinajstić information content (AvgIpc) is 2.48. The van der Waals surface area contributed by atoms with Gasteiger partial charge in [0.2, 0.25) is 0 Å². The summed E-state index contributed by atoms with van der Waals surface area (Å²) >= 11 is 0. The molecule has 0 heterocycles. The van der Waals surface area contributed by atoms with E-state index in [1.807, 2.05) is 30.3 Å². The molecule has 0 aliphatic carbocycles. The molecule has 1 atom stereocenters. The van der Waals surface area contributed by atoms with Crippen LogP contribution in [-0.4, -0.2) is 22.2 Å². The molecule has 0 aliphatic rings. The molecular formula is C17H16O4. The van der Waals surface area contributed by atoms with Gasteiger partial charge in [-0.1, -0.05) is 60.7 Å². The van der Waals surface area contributed by atoms with Gasteiger partial charge in [-0.25, -0.2) is 0 Å². The minimum Gasteiger partial charge on any atom is -0.481 e. The predicted molar refractivity (Wildman–Crippen MR) is 78.2 cm³/mol. The molecule has 2 N–H and O–H groups in total. The topological polar surface area (TPSA) is 74.6 Å². The molecule has 0 bridgehead atoms. The van der Waals surface area contributed by atoms with E-state index in [4.69, 9.17) is 0 Å². The van der Waals surface area contributed by atoms with Crippen LogP contribution >= 0.6 is 0 Å². The molecule has 0 spiro atoms. The Balaban J connectivity index is 2.51. The Hall–Kier alpha value is -2.62. The summed E-state index contributed by atoms with van der Waals surface area (Å²) in [6.45, 7) is 0. The third-order valence-corrected chi connectivity index (χ3v) is 3.54. The van der Waals surface area contributed by atoms with Crippen molar-refractivity contribution in [2.24, 2.45) is 0 Å². The maximum Gasteiger partial charge on any atom is 0.315 e. The molecule has 21 heavy (non-hydrogen) atoms. The Morgan fingerprint density at radius 1 is 0.857 bits per heavy atom. The van der Waals surface area contributed by atoms with E-state index in [1.54, 1.807) is 30.3 Å². The number of aliphatic carboxylic acids is 2. The van der Waals surface area contributed by atoms with E-state index in [-0.39, 0.29) is 6.42 Å². The van der Waals surface area contributed by atoms with Crippen LogP contribution in [0.5, 0.6) is 0 Å². The molecule has 2 rings (SSSR count). The minimum atomic E-state index is -1.46. The first-order valence-corrected chi connectivity index (χ1v) is 6.59. The van der Waals surface area contributed by atoms with Gasteiger partial charge in [-0.3, -0.25) is 9.59 Å². The van der Waals surface area contributed by atoms with E-state index in [0.29, 0.717) is 5.56 Å². The molecule has 0 unspecified atom stereocenters. The molecule has 0 fully saturated rings. The van der Waals surface area contributed by atoms with Gasteiger partial charge in [-0.05, 0) is 17.5 Å². The van der Waals surface area contributed by atoms with E-state index in [1.165, 1.54) is 0 Å². The normalized spacial score (nSPS) is 13.3. The number of carboxylic acid groups (broad SMARTS) is 2. The quantitative estimate of drug-likeness (QED) is 0.855. The summed E-state index contributed by atoms with van der Waals surface area (Å²) in [5, 5.41) is 18.9. The zero-order valence-corrected chi connectivity index (χ0v) is 11.4. The molecule has 2 aromatic carbocycles. The molecule has 0 radical (unpaired) electrons. The average molecular weight is 284 g/mol. The van der Waals surface area contributed by atoms with Crippen LogP contribution in [0, 0.1) is 0 Å². The first kappa shape index (κ1) is 14.8. The second kappa shape index (κ2) is 6.22. The van der Waals surface area contributed by atoms with Gasteiger partial charge in [0.1, 0.15) is 5.41 Å². The molecule has 0 saturated heterocycles. The summed E-state index contributed by atoms with van der Waals surface area (Å²) in [7, 11) is 0. The lowest BCUT2D eigenvalue weighted by Crippen LogP contribution is -2.40. The summed E-state index contributed by atoms with van der Waals surface area (Å²) in [5.41, 5.74) is -0.164. The number of benzene rings is 2. The highest BCUT2D eigenvalue weighted by Gasteiger charge is 2.42. The van der Waals surface area contributed by atoms with Crippen molar-refractivity contribution in [3.63, 3.8) is 0 Å². The van der Waals surface area contributed by atoms with Gasteiger partial charge in [-0.2, -0.15) is 0 Å². The van der Waals surface area contributed by atoms with Gasteiger partial charge in [-0.15, -0.1) is 0 Å². The smallest absolute Gasteiger partial charge is 0.315 e. The number of carbonyl (C=O) groups is 2. The van der Waals surface area contributed by atoms with Crippen LogP contribution in [0.25, 0.3) is 0 Å². The van der Waals surface area contributed by atoms with E-state index in [2.05, 4.69) is 0 Å². The van der Waals surface area contributed by atoms with E-state index in [9.17, 15) is 19.8 Å². The van der Waals surface area contributed by atoms with Gasteiger partial charge >= 0.3 is 11.9 Å². The molecule has 0 amide bonds. The third-order valence-electron chi connectivity index (χ3n) is 3.54. The Morgan fingerprint density at radius 3 is 1.86 bits per heavy atom. The van der Waals surface area contributed by atoms with Crippen LogP contribution in [0.2, 0.25) is 0 Å². The van der Waals surface area contributed by atoms with E-state index in [0.717, 1.165) is 5.56 Å². The van der Waals surface area contributed by atoms with Crippen molar-refractivity contribution >= 4 is 11.9 Å². The lowest BCUT2D eigenvalue weighted by atomic mass is 9.73. The van der Waals surface area contributed by atoms with Crippen LogP contribution in [0.15, 0.2) is 60.7 Å². The summed E-state index contributed by atoms with van der Waals surface area (Å²) in [4.78, 5) is 23.1. The Kier molecular flexibility index (Phi) is 4.38. The van der Waals surface area contributed by atoms with Gasteiger partial charge in [0.05, 0.1) is 6.42 Å². The fourth-order valence-electron chi connectivity index (χ4n) is 2.50. The number of carboxylic acids is 2. The van der Waals surface area contributed by atoms with Gasteiger partial charge in [0, 0.05) is 0 Å². The van der Waals surface area contributed by atoms with Crippen LogP contribution < -0.4 is 0 Å². The van der Waals surface area contributed by atoms with Gasteiger partial charge < -0.3 is 10.2 Å². The highest BCUT2D eigenvalue weighted by molar-refractivity contribution is 5.87. The molecule has 2 aromatic rings. The summed E-state index contributed by atoms with van der Waals surface area (Å²) in [6.07, 6.45) is -0.319. The fraction of sp³-hybridized carbons (Fsp3) is 0.176. The standard InChI is InChI=1S/C17H16O4/c18-15(19)12-17(16(20)21,14-9-5-2-6-10-14)11-13-7-3-1-4-8-13/h1-10H,11-12H2,(H,18,19)(H,20,21)/t17-/m1/s1. The molecule has 0 aliphatic heterocycles. The fourth-order valence-corrected chi connectivity index (χ4v) is 2.50. The van der Waals surface area contributed by atoms with Crippen LogP contribution in [0.1, 0.15) is 17.5 Å². The monoisotopic (exact) mass is 284 g/mol. The largest absolute Gasteiger partial charge is 0.481 e. The minimum absolute atomic E-state index is 0.138. The molecule has 0 saturated carbocycles. The molecule has 108 valence electrons. The van der Waals surface area contributed by atoms with Crippen molar-refractivity contribution in [2.45, 2.75) is 18.3 Å². The lowest BCUT2D eigenvalue weighted by Gasteiger charge is -2.28. The second-order valence-corrected chi connectivity index (χ2v) is 4.99. The lowest BCUT2D eigenvalue weighted by molar-refractivity contribution is -0.150. The Morgan fingerprint density at radius 2 is 1.38 bits per heavy atom. The molecule has 4 nitrogen and oxygen atoms in total. The number of hydrogen-bond acceptors (Lipinski definition) is 2. The summed E-state index contributed by atoms with van der Waals surface area (Å²) < 4.78 is 0. The Bertz CT molecular complexity index is 622. The van der Waals surface area contributed by atoms with Crippen molar-refractivity contribution in [2.75, 3.05) is 0 Å². The third kappa shape index (κ3) is 3.28. The first-order valence-electron chi connectivity index (χ1n) is 6.59. The van der Waals surface area contributed by atoms with Gasteiger partial charge in [0.25, 0.3) is 0 Å². The summed E-state index contributed by atoms with van der Waals surface area (Å²) in [5.74, 6) is -2.25. The van der Waals surface area contributed by atoms with E-state index >= 15 is 0 Å². The van der Waals surface area contributed by atoms with Crippen LogP contribution in [0.3, 0.4) is 0 Å². The van der Waals surface area contributed by atoms with Gasteiger partial charge in [0.15, 0.2) is 0 Å². The van der Waals surface area contributed by atoms with Crippen molar-refractivity contribution in [1.29, 1.82) is 0 Å². The highest BCUT2D eigenvalue weighted by Crippen LogP contribution is 2.32. The SMILES string of the molecule is O=C(O)C[C@@](Cc1ccccc1)(C(=O)O)c1ccccc1. The molecular weight excluding hydrogens is 268 g/mol. The predicted octanol–water partition coefficient (Wildman–Crippen LogP) is 2.73. The number of rotatable bonds is 6. The molecule has 0 aromatic heterocycles. The van der Waals surface area contributed by atoms with E-state index < -0.39 is 23.8 Å². The number of hydrogen-bond donors (Lipinski definition) is 2.